The number of nitrogens with one attached hydrogen (secondary N) is 2. The fraction of sp³-hybridized carbons (Fsp3) is 0.386. The van der Waals surface area contributed by atoms with Crippen LogP contribution in [0.2, 0.25) is 0 Å². The average Bonchev–Trinajstić information content (AvgIpc) is 3.97. The van der Waals surface area contributed by atoms with Crippen LogP contribution in [0.1, 0.15) is 107 Å². The van der Waals surface area contributed by atoms with Crippen LogP contribution in [0.5, 0.6) is 5.75 Å². The van der Waals surface area contributed by atoms with Gasteiger partial charge in [-0.15, -0.1) is 0 Å². The number of carboxylic acid groups (broad SMARTS) is 1. The van der Waals surface area contributed by atoms with Gasteiger partial charge in [-0.25, -0.2) is 19.2 Å². The van der Waals surface area contributed by atoms with Crippen LogP contribution in [0.4, 0.5) is 21.0 Å². The molecule has 3 amide bonds. The fourth-order valence-electron chi connectivity index (χ4n) is 11.6. The molecule has 17 heteroatoms. The van der Waals surface area contributed by atoms with Gasteiger partial charge in [0.15, 0.2) is 10.8 Å². The maximum absolute atomic E-state index is 15.7. The molecule has 0 spiro atoms. The van der Waals surface area contributed by atoms with Crippen molar-refractivity contribution in [3.63, 3.8) is 0 Å². The van der Waals surface area contributed by atoms with Gasteiger partial charge in [-0.05, 0) is 135 Å². The monoisotopic (exact) mass is 1020 g/mol. The second kappa shape index (κ2) is 20.9. The Bertz CT molecular complexity index is 3270. The number of imide groups is 1. The third-order valence-corrected chi connectivity index (χ3v) is 16.6. The summed E-state index contributed by atoms with van der Waals surface area (Å²) in [5.74, 6) is -0.958. The molecule has 4 aliphatic rings. The number of aromatic nitrogens is 4. The number of rotatable bonds is 14. The second-order valence-corrected chi connectivity index (χ2v) is 21.3. The summed E-state index contributed by atoms with van der Waals surface area (Å²) >= 11 is 1.43. The third-order valence-electron chi connectivity index (χ3n) is 15.7. The minimum Gasteiger partial charge on any atom is -0.490 e. The molecule has 74 heavy (non-hydrogen) atoms. The van der Waals surface area contributed by atoms with E-state index in [1.54, 1.807) is 11.7 Å². The standard InChI is InChI=1S/C57H60FN9O6S/c1-34-38(39-20-22-50(60-53(39)56(71)72)67-26-24-36-10-7-12-40(43(36)33-67)54(69)62-57-59-45-13-3-4-15-49(45)74-57)11-8-14-48(34)73-37-18-16-35(17-19-37)9-5-6-25-65-27-29-66(30-28-65)47-32-46-42(31-44(47)58)52(63-64(46)2)41-21-23-51(68)61-55(41)70/h3-4,7-8,10-15,20,22,31-32,35,37,41H,5-6,9,16-19,21,23-30,33H2,1-2H3,(H,71,72)(H,59,62,69)(H,61,68,70). The number of halogens is 1. The van der Waals surface area contributed by atoms with Crippen LogP contribution < -0.4 is 25.2 Å². The minimum atomic E-state index is -1.11. The van der Waals surface area contributed by atoms with E-state index in [0.29, 0.717) is 70.7 Å². The van der Waals surface area contributed by atoms with Crippen LogP contribution in [0.3, 0.4) is 0 Å². The molecule has 382 valence electrons. The number of hydrogen-bond acceptors (Lipinski definition) is 12. The molecule has 3 fully saturated rings. The fourth-order valence-corrected chi connectivity index (χ4v) is 12.4. The molecule has 0 radical (unpaired) electrons. The summed E-state index contributed by atoms with van der Waals surface area (Å²) < 4.78 is 25.1. The van der Waals surface area contributed by atoms with Gasteiger partial charge in [0.2, 0.25) is 11.8 Å². The molecule has 6 heterocycles. The second-order valence-electron chi connectivity index (χ2n) is 20.3. The lowest BCUT2D eigenvalue weighted by Gasteiger charge is -2.36. The highest BCUT2D eigenvalue weighted by molar-refractivity contribution is 7.22. The van der Waals surface area contributed by atoms with E-state index in [2.05, 4.69) is 30.5 Å². The van der Waals surface area contributed by atoms with E-state index in [0.717, 1.165) is 115 Å². The average molecular weight is 1020 g/mol. The summed E-state index contributed by atoms with van der Waals surface area (Å²) in [5, 5.41) is 21.7. The van der Waals surface area contributed by atoms with E-state index >= 15 is 4.39 Å². The Morgan fingerprint density at radius 2 is 1.68 bits per heavy atom. The number of benzene rings is 4. The number of ether oxygens (including phenoxy) is 1. The number of nitrogens with zero attached hydrogens (tertiary/aromatic N) is 7. The van der Waals surface area contributed by atoms with Crippen LogP contribution >= 0.6 is 11.3 Å². The lowest BCUT2D eigenvalue weighted by molar-refractivity contribution is -0.134. The number of aryl methyl sites for hydroxylation is 1. The van der Waals surface area contributed by atoms with Crippen LogP contribution in [-0.4, -0.2) is 98.8 Å². The van der Waals surface area contributed by atoms with Crippen molar-refractivity contribution in [2.75, 3.05) is 54.4 Å². The number of para-hydroxylation sites is 1. The van der Waals surface area contributed by atoms with Crippen LogP contribution in [-0.2, 0) is 29.6 Å². The number of hydrogen-bond donors (Lipinski definition) is 3. The SMILES string of the molecule is Cc1c(OC2CCC(CCCCN3CCN(c4cc5c(cc4F)c(C4CCC(=O)NC4=O)nn5C)CC3)CC2)cccc1-c1ccc(N2CCc3cccc(C(=O)Nc4nc5ccccc5s4)c3C2)nc1C(=O)O. The first-order valence-electron chi connectivity index (χ1n) is 25.9. The summed E-state index contributed by atoms with van der Waals surface area (Å²) in [4.78, 5) is 66.8. The summed E-state index contributed by atoms with van der Waals surface area (Å²) in [5.41, 5.74) is 7.35. The van der Waals surface area contributed by atoms with Gasteiger partial charge in [0.25, 0.3) is 5.91 Å². The number of piperidine rings is 1. The number of anilines is 3. The molecule has 0 bridgehead atoms. The van der Waals surface area contributed by atoms with Crippen molar-refractivity contribution in [2.24, 2.45) is 13.0 Å². The summed E-state index contributed by atoms with van der Waals surface area (Å²) in [7, 11) is 1.81. The first-order valence-corrected chi connectivity index (χ1v) is 26.8. The number of unbranched alkanes of at least 4 members (excludes halogenated alkanes) is 1. The molecule has 4 aromatic carbocycles. The molecule has 3 aromatic heterocycles. The van der Waals surface area contributed by atoms with E-state index in [1.807, 2.05) is 90.7 Å². The van der Waals surface area contributed by atoms with Crippen LogP contribution in [0, 0.1) is 18.7 Å². The number of carbonyl (C=O) groups is 4. The maximum Gasteiger partial charge on any atom is 0.355 e. The van der Waals surface area contributed by atoms with Crippen molar-refractivity contribution >= 4 is 72.8 Å². The predicted octanol–water partition coefficient (Wildman–Crippen LogP) is 9.66. The summed E-state index contributed by atoms with van der Waals surface area (Å²) in [6.07, 6.45) is 8.99. The molecule has 3 N–H and O–H groups in total. The number of piperazine rings is 1. The maximum atomic E-state index is 15.7. The van der Waals surface area contributed by atoms with Crippen molar-refractivity contribution in [1.82, 2.24) is 30.0 Å². The van der Waals surface area contributed by atoms with Crippen molar-refractivity contribution in [3.05, 3.63) is 124 Å². The summed E-state index contributed by atoms with van der Waals surface area (Å²) in [6.45, 7) is 7.21. The normalized spacial score (nSPS) is 19.4. The van der Waals surface area contributed by atoms with E-state index in [9.17, 15) is 24.3 Å². The van der Waals surface area contributed by atoms with Gasteiger partial charge in [-0.1, -0.05) is 60.6 Å². The van der Waals surface area contributed by atoms with Crippen molar-refractivity contribution in [1.29, 1.82) is 0 Å². The Labute approximate surface area is 432 Å². The molecule has 1 atom stereocenters. The number of amides is 3. The van der Waals surface area contributed by atoms with E-state index < -0.39 is 11.9 Å². The summed E-state index contributed by atoms with van der Waals surface area (Å²) in [6, 6.07) is 26.4. The molecule has 1 saturated carbocycles. The van der Waals surface area contributed by atoms with Gasteiger partial charge < -0.3 is 19.6 Å². The zero-order chi connectivity index (χ0) is 51.0. The lowest BCUT2D eigenvalue weighted by atomic mass is 9.84. The quantitative estimate of drug-likeness (QED) is 0.0696. The van der Waals surface area contributed by atoms with Crippen molar-refractivity contribution in [2.45, 2.75) is 89.7 Å². The van der Waals surface area contributed by atoms with Crippen molar-refractivity contribution < 1.29 is 33.4 Å². The number of fused-ring (bicyclic) bond motifs is 3. The molecular weight excluding hydrogens is 958 g/mol. The Kier molecular flexibility index (Phi) is 13.9. The van der Waals surface area contributed by atoms with E-state index in [-0.39, 0.29) is 41.8 Å². The topological polar surface area (TPSA) is 175 Å². The minimum absolute atomic E-state index is 0.0304. The van der Waals surface area contributed by atoms with Gasteiger partial charge in [0.1, 0.15) is 17.4 Å². The van der Waals surface area contributed by atoms with E-state index in [4.69, 9.17) is 9.72 Å². The van der Waals surface area contributed by atoms with Crippen LogP contribution in [0.25, 0.3) is 32.2 Å². The lowest BCUT2D eigenvalue weighted by Crippen LogP contribution is -2.46. The molecule has 11 rings (SSSR count). The Balaban J connectivity index is 0.652. The number of aromatic carboxylic acids is 1. The van der Waals surface area contributed by atoms with Gasteiger partial charge in [0, 0.05) is 69.3 Å². The zero-order valence-electron chi connectivity index (χ0n) is 41.7. The van der Waals surface area contributed by atoms with Gasteiger partial charge in [-0.3, -0.25) is 34.6 Å². The highest BCUT2D eigenvalue weighted by Crippen LogP contribution is 2.38. The Morgan fingerprint density at radius 3 is 2.47 bits per heavy atom. The van der Waals surface area contributed by atoms with Gasteiger partial charge >= 0.3 is 5.97 Å². The number of pyridine rings is 1. The van der Waals surface area contributed by atoms with E-state index in [1.165, 1.54) is 23.8 Å². The molecule has 1 aliphatic carbocycles. The molecule has 3 aliphatic heterocycles. The predicted molar refractivity (Wildman–Crippen MR) is 285 cm³/mol. The molecular formula is C57H60FN9O6S. The first kappa shape index (κ1) is 49.0. The first-order chi connectivity index (χ1) is 35.9. The third kappa shape index (κ3) is 10.1. The molecule has 7 aromatic rings. The smallest absolute Gasteiger partial charge is 0.355 e. The Hall–Kier alpha value is -7.24. The Morgan fingerprint density at radius 1 is 0.865 bits per heavy atom. The highest BCUT2D eigenvalue weighted by atomic mass is 32.1. The molecule has 15 nitrogen and oxygen atoms in total. The molecule has 2 saturated heterocycles. The zero-order valence-corrected chi connectivity index (χ0v) is 42.6. The largest absolute Gasteiger partial charge is 0.490 e. The number of carboxylic acids is 1. The number of thiazole rings is 1. The van der Waals surface area contributed by atoms with Crippen LogP contribution in [0.15, 0.2) is 84.9 Å². The molecule has 1 unspecified atom stereocenters. The number of carbonyl (C=O) groups excluding carboxylic acids is 3. The highest BCUT2D eigenvalue weighted by Gasteiger charge is 2.33. The van der Waals surface area contributed by atoms with Gasteiger partial charge in [-0.2, -0.15) is 5.10 Å². The van der Waals surface area contributed by atoms with Gasteiger partial charge in [0.05, 0.1) is 39.1 Å². The van der Waals surface area contributed by atoms with Crippen molar-refractivity contribution in [3.8, 4) is 16.9 Å².